The van der Waals surface area contributed by atoms with E-state index in [0.29, 0.717) is 22.4 Å². The predicted octanol–water partition coefficient (Wildman–Crippen LogP) is 1.96. The molecule has 1 atom stereocenters. The van der Waals surface area contributed by atoms with Gasteiger partial charge < -0.3 is 9.30 Å². The molecule has 0 saturated carbocycles. The zero-order chi connectivity index (χ0) is 18.0. The van der Waals surface area contributed by atoms with Gasteiger partial charge in [-0.2, -0.15) is 0 Å². The first kappa shape index (κ1) is 18.2. The number of hydrogen-bond acceptors (Lipinski definition) is 7. The Morgan fingerprint density at radius 1 is 1.36 bits per heavy atom. The van der Waals surface area contributed by atoms with Crippen molar-refractivity contribution >= 4 is 39.2 Å². The van der Waals surface area contributed by atoms with Crippen LogP contribution >= 0.6 is 23.4 Å². The standard InChI is InChI=1S/C15H16ClN3O4S2/c1-19-14(10-2-4-11(16)5-3-10)17-18-15(19)24-8-13(20)23-12-6-7-25(21,22)9-12/h2-5,12H,6-9H2,1H3/t12-/m0/s1. The van der Waals surface area contributed by atoms with E-state index in [-0.39, 0.29) is 17.3 Å². The average molecular weight is 402 g/mol. The topological polar surface area (TPSA) is 91.2 Å². The lowest BCUT2D eigenvalue weighted by molar-refractivity contribution is -0.144. The molecule has 0 aliphatic carbocycles. The average Bonchev–Trinajstić information content (AvgIpc) is 3.08. The highest BCUT2D eigenvalue weighted by Gasteiger charge is 2.30. The van der Waals surface area contributed by atoms with Crippen LogP contribution in [0.3, 0.4) is 0 Å². The number of esters is 1. The quantitative estimate of drug-likeness (QED) is 0.558. The van der Waals surface area contributed by atoms with Crippen molar-refractivity contribution in [3.63, 3.8) is 0 Å². The predicted molar refractivity (Wildman–Crippen MR) is 95.3 cm³/mol. The van der Waals surface area contributed by atoms with Crippen LogP contribution in [-0.4, -0.2) is 52.5 Å². The molecule has 2 heterocycles. The SMILES string of the molecule is Cn1c(SCC(=O)O[C@H]2CCS(=O)(=O)C2)nnc1-c1ccc(Cl)cc1. The lowest BCUT2D eigenvalue weighted by Gasteiger charge is -2.09. The fraction of sp³-hybridized carbons (Fsp3) is 0.400. The second kappa shape index (κ2) is 7.35. The first-order chi connectivity index (χ1) is 11.8. The first-order valence-electron chi connectivity index (χ1n) is 7.52. The van der Waals surface area contributed by atoms with Crippen LogP contribution < -0.4 is 0 Å². The summed E-state index contributed by atoms with van der Waals surface area (Å²) in [6.45, 7) is 0. The summed E-state index contributed by atoms with van der Waals surface area (Å²) >= 11 is 7.08. The summed E-state index contributed by atoms with van der Waals surface area (Å²) in [5, 5.41) is 9.42. The fourth-order valence-electron chi connectivity index (χ4n) is 2.49. The van der Waals surface area contributed by atoms with Crippen LogP contribution in [0.1, 0.15) is 6.42 Å². The fourth-order valence-corrected chi connectivity index (χ4v) is 4.90. The number of hydrogen-bond donors (Lipinski definition) is 0. The third-order valence-corrected chi connectivity index (χ3v) is 6.73. The Balaban J connectivity index is 1.59. The molecule has 0 bridgehead atoms. The van der Waals surface area contributed by atoms with Gasteiger partial charge in [0.25, 0.3) is 0 Å². The third kappa shape index (κ3) is 4.53. The summed E-state index contributed by atoms with van der Waals surface area (Å²) in [6, 6.07) is 7.22. The Hall–Kier alpha value is -1.58. The van der Waals surface area contributed by atoms with Crippen LogP contribution in [0.15, 0.2) is 29.4 Å². The van der Waals surface area contributed by atoms with Crippen molar-refractivity contribution in [1.82, 2.24) is 14.8 Å². The van der Waals surface area contributed by atoms with Gasteiger partial charge in [-0.25, -0.2) is 8.42 Å². The highest BCUT2D eigenvalue weighted by atomic mass is 35.5. The number of carbonyl (C=O) groups is 1. The van der Waals surface area contributed by atoms with E-state index in [1.165, 1.54) is 11.8 Å². The summed E-state index contributed by atoms with van der Waals surface area (Å²) in [4.78, 5) is 11.9. The number of rotatable bonds is 5. The smallest absolute Gasteiger partial charge is 0.316 e. The Kier molecular flexibility index (Phi) is 5.35. The molecule has 1 aliphatic heterocycles. The molecule has 1 aromatic heterocycles. The van der Waals surface area contributed by atoms with Crippen LogP contribution in [0.5, 0.6) is 0 Å². The number of aromatic nitrogens is 3. The largest absolute Gasteiger partial charge is 0.461 e. The van der Waals surface area contributed by atoms with Crippen LogP contribution in [0.2, 0.25) is 5.02 Å². The number of benzene rings is 1. The number of ether oxygens (including phenoxy) is 1. The molecule has 134 valence electrons. The molecular weight excluding hydrogens is 386 g/mol. The molecule has 10 heteroatoms. The van der Waals surface area contributed by atoms with Gasteiger partial charge in [-0.05, 0) is 30.7 Å². The maximum Gasteiger partial charge on any atom is 0.316 e. The number of nitrogens with zero attached hydrogens (tertiary/aromatic N) is 3. The molecule has 3 rings (SSSR count). The molecule has 1 aromatic carbocycles. The summed E-state index contributed by atoms with van der Waals surface area (Å²) < 4.78 is 29.7. The normalized spacial score (nSPS) is 19.0. The van der Waals surface area contributed by atoms with Crippen LogP contribution in [0, 0.1) is 0 Å². The van der Waals surface area contributed by atoms with Gasteiger partial charge in [-0.3, -0.25) is 4.79 Å². The maximum absolute atomic E-state index is 11.9. The molecule has 0 spiro atoms. The van der Waals surface area contributed by atoms with Gasteiger partial charge in [0, 0.05) is 17.6 Å². The van der Waals surface area contributed by atoms with Gasteiger partial charge in [0.1, 0.15) is 6.10 Å². The Morgan fingerprint density at radius 2 is 2.08 bits per heavy atom. The molecular formula is C15H16ClN3O4S2. The van der Waals surface area contributed by atoms with Gasteiger partial charge in [0.05, 0.1) is 17.3 Å². The van der Waals surface area contributed by atoms with Gasteiger partial charge >= 0.3 is 5.97 Å². The lowest BCUT2D eigenvalue weighted by Crippen LogP contribution is -2.20. The minimum Gasteiger partial charge on any atom is -0.461 e. The zero-order valence-electron chi connectivity index (χ0n) is 13.4. The van der Waals surface area contributed by atoms with E-state index in [0.717, 1.165) is 5.56 Å². The summed E-state index contributed by atoms with van der Waals surface area (Å²) in [6.07, 6.45) is -0.175. The van der Waals surface area contributed by atoms with Crippen molar-refractivity contribution in [2.24, 2.45) is 7.05 Å². The molecule has 0 unspecified atom stereocenters. The van der Waals surface area contributed by atoms with E-state index < -0.39 is 21.9 Å². The molecule has 2 aromatic rings. The van der Waals surface area contributed by atoms with Crippen LogP contribution in [0.4, 0.5) is 0 Å². The highest BCUT2D eigenvalue weighted by molar-refractivity contribution is 7.99. The number of sulfone groups is 1. The van der Waals surface area contributed by atoms with Gasteiger partial charge in [0.15, 0.2) is 20.8 Å². The second-order valence-electron chi connectivity index (χ2n) is 5.68. The Bertz CT molecular complexity index is 881. The Morgan fingerprint density at radius 3 is 2.72 bits per heavy atom. The van der Waals surface area contributed by atoms with Crippen LogP contribution in [-0.2, 0) is 26.4 Å². The van der Waals surface area contributed by atoms with E-state index in [9.17, 15) is 13.2 Å². The highest BCUT2D eigenvalue weighted by Crippen LogP contribution is 2.24. The van der Waals surface area contributed by atoms with Crippen molar-refractivity contribution in [3.8, 4) is 11.4 Å². The van der Waals surface area contributed by atoms with E-state index >= 15 is 0 Å². The van der Waals surface area contributed by atoms with E-state index in [2.05, 4.69) is 10.2 Å². The van der Waals surface area contributed by atoms with Crippen molar-refractivity contribution < 1.29 is 17.9 Å². The van der Waals surface area contributed by atoms with Gasteiger partial charge in [0.2, 0.25) is 0 Å². The van der Waals surface area contributed by atoms with Crippen molar-refractivity contribution in [3.05, 3.63) is 29.3 Å². The lowest BCUT2D eigenvalue weighted by atomic mass is 10.2. The molecule has 1 saturated heterocycles. The summed E-state index contributed by atoms with van der Waals surface area (Å²) in [7, 11) is -1.26. The monoisotopic (exact) mass is 401 g/mol. The summed E-state index contributed by atoms with van der Waals surface area (Å²) in [5.74, 6) is 0.237. The van der Waals surface area contributed by atoms with Gasteiger partial charge in [-0.15, -0.1) is 10.2 Å². The maximum atomic E-state index is 11.9. The minimum atomic E-state index is -3.07. The summed E-state index contributed by atoms with van der Waals surface area (Å²) in [5.41, 5.74) is 0.866. The van der Waals surface area contributed by atoms with Crippen molar-refractivity contribution in [1.29, 1.82) is 0 Å². The molecule has 1 fully saturated rings. The second-order valence-corrected chi connectivity index (χ2v) is 9.28. The number of carbonyl (C=O) groups excluding carboxylic acids is 1. The van der Waals surface area contributed by atoms with E-state index in [4.69, 9.17) is 16.3 Å². The molecule has 0 radical (unpaired) electrons. The minimum absolute atomic E-state index is 0.0448. The third-order valence-electron chi connectivity index (χ3n) is 3.75. The number of thioether (sulfide) groups is 1. The van der Waals surface area contributed by atoms with E-state index in [1.54, 1.807) is 23.7 Å². The van der Waals surface area contributed by atoms with Crippen molar-refractivity contribution in [2.45, 2.75) is 17.7 Å². The molecule has 1 aliphatic rings. The van der Waals surface area contributed by atoms with Crippen molar-refractivity contribution in [2.75, 3.05) is 17.3 Å². The Labute approximate surface area is 154 Å². The number of halogens is 1. The zero-order valence-corrected chi connectivity index (χ0v) is 15.8. The first-order valence-corrected chi connectivity index (χ1v) is 10.7. The molecule has 0 N–H and O–H groups in total. The molecule has 25 heavy (non-hydrogen) atoms. The van der Waals surface area contributed by atoms with Crippen LogP contribution in [0.25, 0.3) is 11.4 Å². The van der Waals surface area contributed by atoms with Gasteiger partial charge in [-0.1, -0.05) is 23.4 Å². The molecule has 0 amide bonds. The van der Waals surface area contributed by atoms with E-state index in [1.807, 2.05) is 12.1 Å². The molecule has 7 nitrogen and oxygen atoms in total.